The molecule has 1 fully saturated rings. The van der Waals surface area contributed by atoms with Crippen molar-refractivity contribution in [3.05, 3.63) is 23.8 Å². The summed E-state index contributed by atoms with van der Waals surface area (Å²) in [6, 6.07) is 5.08. The fourth-order valence-corrected chi connectivity index (χ4v) is 2.00. The van der Waals surface area contributed by atoms with E-state index in [9.17, 15) is 10.2 Å². The summed E-state index contributed by atoms with van der Waals surface area (Å²) in [7, 11) is 1.59. The molecule has 1 aliphatic heterocycles. The number of rotatable bonds is 5. The SMILES string of the molecule is COc1ccc(O)c(CNCC2(O)CCOC2)c1. The lowest BCUT2D eigenvalue weighted by molar-refractivity contribution is 0.0268. The van der Waals surface area contributed by atoms with Crippen molar-refractivity contribution in [1.82, 2.24) is 5.32 Å². The second-order valence-electron chi connectivity index (χ2n) is 4.63. The Balaban J connectivity index is 1.89. The molecule has 1 heterocycles. The Morgan fingerprint density at radius 1 is 1.50 bits per heavy atom. The highest BCUT2D eigenvalue weighted by Gasteiger charge is 2.31. The lowest BCUT2D eigenvalue weighted by Gasteiger charge is -2.21. The van der Waals surface area contributed by atoms with E-state index in [0.29, 0.717) is 38.5 Å². The number of aliphatic hydroxyl groups is 1. The van der Waals surface area contributed by atoms with Gasteiger partial charge in [0, 0.05) is 31.7 Å². The molecule has 100 valence electrons. The van der Waals surface area contributed by atoms with Gasteiger partial charge in [-0.25, -0.2) is 0 Å². The van der Waals surface area contributed by atoms with Crippen LogP contribution in [0.5, 0.6) is 11.5 Å². The molecule has 0 aromatic heterocycles. The van der Waals surface area contributed by atoms with Crippen molar-refractivity contribution in [3.63, 3.8) is 0 Å². The highest BCUT2D eigenvalue weighted by molar-refractivity contribution is 5.39. The van der Waals surface area contributed by atoms with Gasteiger partial charge in [-0.1, -0.05) is 0 Å². The Bertz CT molecular complexity index is 402. The van der Waals surface area contributed by atoms with Crippen molar-refractivity contribution < 1.29 is 19.7 Å². The maximum absolute atomic E-state index is 10.1. The zero-order valence-electron chi connectivity index (χ0n) is 10.5. The van der Waals surface area contributed by atoms with Gasteiger partial charge in [-0.3, -0.25) is 0 Å². The first-order valence-electron chi connectivity index (χ1n) is 6.00. The van der Waals surface area contributed by atoms with E-state index in [0.717, 1.165) is 5.56 Å². The van der Waals surface area contributed by atoms with Crippen molar-refractivity contribution in [2.24, 2.45) is 0 Å². The van der Waals surface area contributed by atoms with Gasteiger partial charge in [-0.05, 0) is 18.2 Å². The molecule has 1 aromatic rings. The quantitative estimate of drug-likeness (QED) is 0.718. The average molecular weight is 253 g/mol. The Morgan fingerprint density at radius 2 is 2.33 bits per heavy atom. The van der Waals surface area contributed by atoms with E-state index < -0.39 is 5.60 Å². The molecule has 1 aliphatic rings. The van der Waals surface area contributed by atoms with Crippen molar-refractivity contribution in [2.75, 3.05) is 26.9 Å². The molecule has 1 atom stereocenters. The minimum atomic E-state index is -0.783. The smallest absolute Gasteiger partial charge is 0.120 e. The fourth-order valence-electron chi connectivity index (χ4n) is 2.00. The topological polar surface area (TPSA) is 71.0 Å². The first-order chi connectivity index (χ1) is 8.63. The number of phenols is 1. The molecule has 0 saturated carbocycles. The summed E-state index contributed by atoms with van der Waals surface area (Å²) in [5.74, 6) is 0.922. The van der Waals surface area contributed by atoms with Crippen LogP contribution < -0.4 is 10.1 Å². The van der Waals surface area contributed by atoms with Gasteiger partial charge in [0.2, 0.25) is 0 Å². The minimum Gasteiger partial charge on any atom is -0.508 e. The highest BCUT2D eigenvalue weighted by atomic mass is 16.5. The molecular formula is C13H19NO4. The van der Waals surface area contributed by atoms with E-state index in [2.05, 4.69) is 5.32 Å². The van der Waals surface area contributed by atoms with Crippen molar-refractivity contribution >= 4 is 0 Å². The number of phenolic OH excluding ortho intramolecular Hbond substituents is 1. The van der Waals surface area contributed by atoms with Crippen LogP contribution in [0, 0.1) is 0 Å². The molecule has 5 nitrogen and oxygen atoms in total. The predicted molar refractivity (Wildman–Crippen MR) is 66.8 cm³/mol. The Kier molecular flexibility index (Phi) is 4.06. The maximum atomic E-state index is 10.1. The zero-order chi connectivity index (χ0) is 13.0. The van der Waals surface area contributed by atoms with Gasteiger partial charge in [0.05, 0.1) is 13.7 Å². The largest absolute Gasteiger partial charge is 0.508 e. The van der Waals surface area contributed by atoms with Gasteiger partial charge in [-0.15, -0.1) is 0 Å². The van der Waals surface area contributed by atoms with Gasteiger partial charge in [0.25, 0.3) is 0 Å². The average Bonchev–Trinajstić information content (AvgIpc) is 2.79. The van der Waals surface area contributed by atoms with Crippen LogP contribution in [0.1, 0.15) is 12.0 Å². The standard InChI is InChI=1S/C13H19NO4/c1-17-11-2-3-12(15)10(6-11)7-14-8-13(16)4-5-18-9-13/h2-3,6,14-16H,4-5,7-9H2,1H3. The van der Waals surface area contributed by atoms with Gasteiger partial charge in [0.15, 0.2) is 0 Å². The van der Waals surface area contributed by atoms with Crippen LogP contribution in [0.4, 0.5) is 0 Å². The second-order valence-corrected chi connectivity index (χ2v) is 4.63. The predicted octanol–water partition coefficient (Wildman–Crippen LogP) is 0.642. The summed E-state index contributed by atoms with van der Waals surface area (Å²) in [5, 5.41) is 22.9. The molecule has 1 aromatic carbocycles. The Morgan fingerprint density at radius 3 is 3.00 bits per heavy atom. The van der Waals surface area contributed by atoms with E-state index in [1.165, 1.54) is 0 Å². The first-order valence-corrected chi connectivity index (χ1v) is 6.00. The third-order valence-electron chi connectivity index (χ3n) is 3.14. The number of benzene rings is 1. The van der Waals surface area contributed by atoms with E-state index in [1.807, 2.05) is 0 Å². The summed E-state index contributed by atoms with van der Waals surface area (Å²) in [5.41, 5.74) is -0.0362. The lowest BCUT2D eigenvalue weighted by atomic mass is 10.0. The van der Waals surface area contributed by atoms with Gasteiger partial charge < -0.3 is 25.0 Å². The third kappa shape index (κ3) is 3.13. The van der Waals surface area contributed by atoms with Gasteiger partial charge in [0.1, 0.15) is 17.1 Å². The molecule has 0 spiro atoms. The number of aromatic hydroxyl groups is 1. The molecule has 0 radical (unpaired) electrons. The summed E-state index contributed by atoms with van der Waals surface area (Å²) in [6.45, 7) is 1.89. The number of ether oxygens (including phenoxy) is 2. The second kappa shape index (κ2) is 5.56. The normalized spacial score (nSPS) is 23.2. The molecule has 1 saturated heterocycles. The molecule has 1 unspecified atom stereocenters. The molecule has 0 amide bonds. The molecule has 0 aliphatic carbocycles. The zero-order valence-corrected chi connectivity index (χ0v) is 10.5. The Labute approximate surface area is 106 Å². The van der Waals surface area contributed by atoms with E-state index >= 15 is 0 Å². The summed E-state index contributed by atoms with van der Waals surface area (Å²) in [4.78, 5) is 0. The maximum Gasteiger partial charge on any atom is 0.120 e. The summed E-state index contributed by atoms with van der Waals surface area (Å²) < 4.78 is 10.3. The van der Waals surface area contributed by atoms with Crippen LogP contribution in [-0.4, -0.2) is 42.7 Å². The van der Waals surface area contributed by atoms with E-state index in [1.54, 1.807) is 25.3 Å². The summed E-state index contributed by atoms with van der Waals surface area (Å²) in [6.07, 6.45) is 0.643. The summed E-state index contributed by atoms with van der Waals surface area (Å²) >= 11 is 0. The molecule has 3 N–H and O–H groups in total. The Hall–Kier alpha value is -1.30. The monoisotopic (exact) mass is 253 g/mol. The third-order valence-corrected chi connectivity index (χ3v) is 3.14. The van der Waals surface area contributed by atoms with Crippen LogP contribution in [0.25, 0.3) is 0 Å². The minimum absolute atomic E-state index is 0.220. The lowest BCUT2D eigenvalue weighted by Crippen LogP contribution is -2.40. The molecule has 2 rings (SSSR count). The van der Waals surface area contributed by atoms with Crippen molar-refractivity contribution in [2.45, 2.75) is 18.6 Å². The first kappa shape index (κ1) is 13.1. The fraction of sp³-hybridized carbons (Fsp3) is 0.538. The van der Waals surface area contributed by atoms with Crippen LogP contribution in [0.2, 0.25) is 0 Å². The molecule has 5 heteroatoms. The van der Waals surface area contributed by atoms with E-state index in [-0.39, 0.29) is 5.75 Å². The molecular weight excluding hydrogens is 234 g/mol. The number of methoxy groups -OCH3 is 1. The number of hydrogen-bond acceptors (Lipinski definition) is 5. The van der Waals surface area contributed by atoms with Crippen molar-refractivity contribution in [1.29, 1.82) is 0 Å². The number of nitrogens with one attached hydrogen (secondary N) is 1. The van der Waals surface area contributed by atoms with Gasteiger partial charge in [-0.2, -0.15) is 0 Å². The van der Waals surface area contributed by atoms with Crippen molar-refractivity contribution in [3.8, 4) is 11.5 Å². The van der Waals surface area contributed by atoms with E-state index in [4.69, 9.17) is 9.47 Å². The van der Waals surface area contributed by atoms with Crippen LogP contribution in [0.3, 0.4) is 0 Å². The number of hydrogen-bond donors (Lipinski definition) is 3. The molecule has 18 heavy (non-hydrogen) atoms. The highest BCUT2D eigenvalue weighted by Crippen LogP contribution is 2.23. The van der Waals surface area contributed by atoms with Crippen LogP contribution in [-0.2, 0) is 11.3 Å². The van der Waals surface area contributed by atoms with Gasteiger partial charge >= 0.3 is 0 Å². The van der Waals surface area contributed by atoms with Crippen LogP contribution in [0.15, 0.2) is 18.2 Å². The van der Waals surface area contributed by atoms with Crippen LogP contribution >= 0.6 is 0 Å². The molecule has 0 bridgehead atoms.